The van der Waals surface area contributed by atoms with Crippen LogP contribution in [-0.4, -0.2) is 82.0 Å². The Morgan fingerprint density at radius 2 is 2.11 bits per heavy atom. The Labute approximate surface area is 174 Å². The van der Waals surface area contributed by atoms with Crippen LogP contribution in [0.5, 0.6) is 0 Å². The van der Waals surface area contributed by atoms with Gasteiger partial charge in [-0.2, -0.15) is 0 Å². The molecule has 0 bridgehead atoms. The fourth-order valence-electron chi connectivity index (χ4n) is 5.29. The highest BCUT2D eigenvalue weighted by Gasteiger charge is 2.43. The summed E-state index contributed by atoms with van der Waals surface area (Å²) in [6.45, 7) is 3.39. The molecule has 0 aromatic heterocycles. The third-order valence-electron chi connectivity index (χ3n) is 6.68. The molecule has 7 heteroatoms. The average molecular weight is 397 g/mol. The van der Waals surface area contributed by atoms with Crippen molar-refractivity contribution in [1.29, 1.82) is 0 Å². The van der Waals surface area contributed by atoms with Gasteiger partial charge in [-0.25, -0.2) is 0 Å². The molecule has 160 valence electrons. The maximum atomic E-state index is 7.53. The third kappa shape index (κ3) is 4.95. The fourth-order valence-corrected chi connectivity index (χ4v) is 5.29. The van der Waals surface area contributed by atoms with Crippen LogP contribution in [0.2, 0.25) is 0 Å². The second-order valence-electron chi connectivity index (χ2n) is 8.93. The minimum Gasteiger partial charge on any atom is -0.373 e. The van der Waals surface area contributed by atoms with Crippen LogP contribution in [0.15, 0.2) is 11.6 Å². The number of rotatable bonds is 4. The van der Waals surface area contributed by atoms with Crippen molar-refractivity contribution >= 4 is 0 Å². The molecule has 4 rings (SSSR count). The van der Waals surface area contributed by atoms with Crippen molar-refractivity contribution in [1.82, 2.24) is 26.2 Å². The Bertz CT molecular complexity index is 635. The fraction of sp³-hybridized carbons (Fsp3) is 0.905. The highest BCUT2D eigenvalue weighted by molar-refractivity contribution is 5.15. The summed E-state index contributed by atoms with van der Waals surface area (Å²) in [7, 11) is 2.18. The van der Waals surface area contributed by atoms with Crippen molar-refractivity contribution in [3.8, 4) is 0 Å². The van der Waals surface area contributed by atoms with Crippen LogP contribution in [-0.2, 0) is 9.47 Å². The predicted octanol–water partition coefficient (Wildman–Crippen LogP) is 0.591. The van der Waals surface area contributed by atoms with Crippen LogP contribution in [0.1, 0.15) is 43.1 Å². The molecule has 4 N–H and O–H groups in total. The monoisotopic (exact) mass is 396 g/mol. The van der Waals surface area contributed by atoms with Crippen LogP contribution in [0, 0.1) is 5.92 Å². The quantitative estimate of drug-likeness (QED) is 0.519. The Balaban J connectivity index is 1.43. The summed E-state index contributed by atoms with van der Waals surface area (Å²) < 4.78 is 35.0. The molecule has 1 aliphatic carbocycles. The van der Waals surface area contributed by atoms with Gasteiger partial charge in [-0.15, -0.1) is 0 Å². The molecular weight excluding hydrogens is 354 g/mol. The Morgan fingerprint density at radius 3 is 3.00 bits per heavy atom. The smallest absolute Gasteiger partial charge is 0.113 e. The second kappa shape index (κ2) is 9.51. The topological polar surface area (TPSA) is 69.8 Å². The van der Waals surface area contributed by atoms with Crippen molar-refractivity contribution in [2.45, 2.75) is 75.8 Å². The average Bonchev–Trinajstić information content (AvgIpc) is 2.90. The summed E-state index contributed by atoms with van der Waals surface area (Å²) in [6, 6.07) is 0.471. The lowest BCUT2D eigenvalue weighted by Gasteiger charge is -2.47. The summed E-state index contributed by atoms with van der Waals surface area (Å²) in [4.78, 5) is 2.37. The number of nitrogens with zero attached hydrogens (tertiary/aromatic N) is 1. The van der Waals surface area contributed by atoms with Gasteiger partial charge in [0.2, 0.25) is 0 Å². The molecule has 7 nitrogen and oxygen atoms in total. The van der Waals surface area contributed by atoms with Gasteiger partial charge in [0, 0.05) is 28.7 Å². The van der Waals surface area contributed by atoms with Gasteiger partial charge in [0.25, 0.3) is 0 Å². The first-order chi connectivity index (χ1) is 14.8. The van der Waals surface area contributed by atoms with Gasteiger partial charge in [0.15, 0.2) is 0 Å². The Morgan fingerprint density at radius 1 is 1.21 bits per heavy atom. The molecule has 28 heavy (non-hydrogen) atoms. The van der Waals surface area contributed by atoms with Crippen LogP contribution >= 0.6 is 0 Å². The minimum absolute atomic E-state index is 0.101. The van der Waals surface area contributed by atoms with Crippen LogP contribution < -0.4 is 21.3 Å². The van der Waals surface area contributed by atoms with E-state index in [1.165, 1.54) is 12.0 Å². The highest BCUT2D eigenvalue weighted by Crippen LogP contribution is 2.38. The first-order valence-electron chi connectivity index (χ1n) is 12.4. The van der Waals surface area contributed by atoms with E-state index in [9.17, 15) is 0 Å². The molecule has 0 amide bonds. The number of nitrogens with one attached hydrogen (secondary N) is 4. The zero-order valence-electron chi connectivity index (χ0n) is 20.2. The predicted molar refractivity (Wildman–Crippen MR) is 111 cm³/mol. The maximum Gasteiger partial charge on any atom is 0.113 e. The van der Waals surface area contributed by atoms with E-state index in [1.54, 1.807) is 0 Å². The van der Waals surface area contributed by atoms with E-state index in [1.807, 2.05) is 0 Å². The van der Waals surface area contributed by atoms with E-state index in [-0.39, 0.29) is 36.7 Å². The number of fused-ring (bicyclic) bond motifs is 1. The van der Waals surface area contributed by atoms with Crippen molar-refractivity contribution in [2.75, 3.05) is 40.3 Å². The first-order valence-corrected chi connectivity index (χ1v) is 10.9. The van der Waals surface area contributed by atoms with Crippen molar-refractivity contribution < 1.29 is 13.6 Å². The first kappa shape index (κ1) is 17.2. The van der Waals surface area contributed by atoms with Gasteiger partial charge < -0.3 is 19.7 Å². The van der Waals surface area contributed by atoms with Crippen LogP contribution in [0.4, 0.5) is 0 Å². The Kier molecular flexibility index (Phi) is 5.83. The zero-order chi connectivity index (χ0) is 22.0. The molecule has 1 saturated carbocycles. The zero-order valence-corrected chi connectivity index (χ0v) is 17.2. The number of likely N-dealkylation sites (N-methyl/N-ethyl adjacent to an activating group) is 1. The van der Waals surface area contributed by atoms with Gasteiger partial charge in [-0.3, -0.25) is 16.0 Å². The van der Waals surface area contributed by atoms with Crippen LogP contribution in [0.3, 0.4) is 0 Å². The molecule has 0 spiro atoms. The molecule has 2 saturated heterocycles. The molecule has 7 unspecified atom stereocenters. The number of ether oxygens (including phenoxy) is 2. The standard InChI is InChI=1S/C21H39N5O2/c1-14-11-19(22-2)25-21(23-14)24-16-12-17(15-5-4-7-26(3)8-6-15)20-18(13-16)27-9-10-28-20/h6,14,16-25H,4-5,7-13H2,1-3H3/i2D3. The highest BCUT2D eigenvalue weighted by atomic mass is 16.6. The lowest BCUT2D eigenvalue weighted by molar-refractivity contribution is -0.173. The molecule has 3 fully saturated rings. The van der Waals surface area contributed by atoms with E-state index in [4.69, 9.17) is 13.6 Å². The second-order valence-corrected chi connectivity index (χ2v) is 8.93. The van der Waals surface area contributed by atoms with Gasteiger partial charge in [-0.05, 0) is 59.6 Å². The summed E-state index contributed by atoms with van der Waals surface area (Å²) in [5, 5.41) is 13.3. The van der Waals surface area contributed by atoms with E-state index < -0.39 is 6.98 Å². The van der Waals surface area contributed by atoms with E-state index in [2.05, 4.69) is 46.2 Å². The van der Waals surface area contributed by atoms with Gasteiger partial charge in [0.05, 0.1) is 31.6 Å². The minimum atomic E-state index is -2.16. The van der Waals surface area contributed by atoms with E-state index in [0.717, 1.165) is 32.4 Å². The van der Waals surface area contributed by atoms with Gasteiger partial charge in [-0.1, -0.05) is 11.6 Å². The van der Waals surface area contributed by atoms with Crippen molar-refractivity contribution in [3.05, 3.63) is 11.6 Å². The summed E-state index contributed by atoms with van der Waals surface area (Å²) in [6.07, 6.45) is 7.16. The molecule has 3 aliphatic heterocycles. The normalized spacial score (nSPS) is 45.1. The third-order valence-corrected chi connectivity index (χ3v) is 6.68. The molecule has 0 aromatic rings. The lowest BCUT2D eigenvalue weighted by Crippen LogP contribution is -2.68. The molecule has 0 radical (unpaired) electrons. The summed E-state index contributed by atoms with van der Waals surface area (Å²) in [5.74, 6) is 0.361. The number of hydrogen-bond acceptors (Lipinski definition) is 7. The number of hydrogen-bond donors (Lipinski definition) is 4. The molecule has 0 aromatic carbocycles. The molecule has 4 aliphatic rings. The molecule has 3 heterocycles. The van der Waals surface area contributed by atoms with Crippen molar-refractivity contribution in [2.24, 2.45) is 5.92 Å². The molecular formula is C21H39N5O2. The van der Waals surface area contributed by atoms with Gasteiger partial charge in [0.1, 0.15) is 6.29 Å². The summed E-state index contributed by atoms with van der Waals surface area (Å²) >= 11 is 0. The molecule has 7 atom stereocenters. The SMILES string of the molecule is [2H]C([2H])([2H])NC1CC(C)NC(NC2CC3OCCOC3C(C3=CCN(C)CCC3)C2)N1. The Hall–Kier alpha value is -0.540. The van der Waals surface area contributed by atoms with E-state index in [0.29, 0.717) is 25.6 Å². The van der Waals surface area contributed by atoms with Crippen molar-refractivity contribution in [3.63, 3.8) is 0 Å². The largest absolute Gasteiger partial charge is 0.373 e. The summed E-state index contributed by atoms with van der Waals surface area (Å²) in [5.41, 5.74) is 1.51. The van der Waals surface area contributed by atoms with Gasteiger partial charge >= 0.3 is 0 Å². The van der Waals surface area contributed by atoms with E-state index >= 15 is 0 Å². The lowest BCUT2D eigenvalue weighted by atomic mass is 9.75. The maximum absolute atomic E-state index is 7.53. The van der Waals surface area contributed by atoms with Crippen LogP contribution in [0.25, 0.3) is 0 Å².